The fraction of sp³-hybridized carbons (Fsp3) is 0.318. The van der Waals surface area contributed by atoms with Crippen molar-refractivity contribution in [3.63, 3.8) is 0 Å². The number of halogens is 4. The minimum absolute atomic E-state index is 0.0235. The monoisotopic (exact) mass is 523 g/mol. The molecule has 0 radical (unpaired) electrons. The van der Waals surface area contributed by atoms with E-state index >= 15 is 8.78 Å². The van der Waals surface area contributed by atoms with Crippen molar-refractivity contribution >= 4 is 21.1 Å². The van der Waals surface area contributed by atoms with Gasteiger partial charge in [-0.25, -0.2) is 36.3 Å². The van der Waals surface area contributed by atoms with Crippen molar-refractivity contribution in [1.82, 2.24) is 24.0 Å². The molecule has 0 bridgehead atoms. The molecule has 6 rings (SSSR count). The van der Waals surface area contributed by atoms with Gasteiger partial charge in [0.05, 0.1) is 23.8 Å². The maximum Gasteiger partial charge on any atom is 0.334 e. The van der Waals surface area contributed by atoms with Crippen LogP contribution in [0.1, 0.15) is 30.1 Å². The highest BCUT2D eigenvalue weighted by Crippen LogP contribution is 2.44. The summed E-state index contributed by atoms with van der Waals surface area (Å²) in [7, 11) is -3.98. The van der Waals surface area contributed by atoms with Crippen LogP contribution in [0.3, 0.4) is 0 Å². The summed E-state index contributed by atoms with van der Waals surface area (Å²) in [6.45, 7) is -0.629. The fourth-order valence-corrected chi connectivity index (χ4v) is 5.32. The van der Waals surface area contributed by atoms with Gasteiger partial charge < -0.3 is 4.52 Å². The number of rotatable bonds is 5. The summed E-state index contributed by atoms with van der Waals surface area (Å²) >= 11 is 0. The predicted octanol–water partition coefficient (Wildman–Crippen LogP) is 3.02. The van der Waals surface area contributed by atoms with E-state index in [9.17, 15) is 22.0 Å². The molecule has 0 amide bonds. The summed E-state index contributed by atoms with van der Waals surface area (Å²) in [6.07, 6.45) is 3.23. The molecule has 0 unspecified atom stereocenters. The molecule has 1 atom stereocenters. The van der Waals surface area contributed by atoms with Crippen LogP contribution in [-0.4, -0.2) is 40.0 Å². The third-order valence-corrected chi connectivity index (χ3v) is 7.10. The molecule has 1 fully saturated rings. The highest BCUT2D eigenvalue weighted by atomic mass is 32.2. The lowest BCUT2D eigenvalue weighted by molar-refractivity contribution is -0.0248. The summed E-state index contributed by atoms with van der Waals surface area (Å²) in [4.78, 5) is 17.5. The molecule has 188 valence electrons. The molecule has 1 N–H and O–H groups in total. The molecule has 0 spiro atoms. The van der Waals surface area contributed by atoms with Gasteiger partial charge in [0.1, 0.15) is 23.4 Å². The Kier molecular flexibility index (Phi) is 4.77. The Bertz CT molecular complexity index is 1700. The van der Waals surface area contributed by atoms with Gasteiger partial charge in [-0.3, -0.25) is 4.57 Å². The Morgan fingerprint density at radius 1 is 1.19 bits per heavy atom. The number of imidazole rings is 1. The van der Waals surface area contributed by atoms with Crippen LogP contribution in [-0.2, 0) is 22.5 Å². The van der Waals surface area contributed by atoms with Gasteiger partial charge in [-0.1, -0.05) is 11.2 Å². The summed E-state index contributed by atoms with van der Waals surface area (Å²) in [5, 5.41) is 3.82. The average molecular weight is 523 g/mol. The summed E-state index contributed by atoms with van der Waals surface area (Å²) < 4.78 is 91.3. The van der Waals surface area contributed by atoms with E-state index in [0.717, 1.165) is 46.6 Å². The van der Waals surface area contributed by atoms with Crippen LogP contribution in [0.25, 0.3) is 28.0 Å². The number of hydrogen-bond donors (Lipinski definition) is 1. The summed E-state index contributed by atoms with van der Waals surface area (Å²) in [5.74, 6) is -5.65. The molecule has 4 heterocycles. The molecular weight excluding hydrogens is 506 g/mol. The molecule has 1 saturated carbocycles. The van der Waals surface area contributed by atoms with Crippen molar-refractivity contribution in [2.24, 2.45) is 0 Å². The van der Waals surface area contributed by atoms with E-state index in [1.165, 1.54) is 12.1 Å². The molecule has 4 aromatic rings. The summed E-state index contributed by atoms with van der Waals surface area (Å²) in [5.41, 5.74) is -1.63. The molecule has 1 aliphatic carbocycles. The highest BCUT2D eigenvalue weighted by Gasteiger charge is 2.52. The zero-order chi connectivity index (χ0) is 25.6. The Morgan fingerprint density at radius 3 is 2.50 bits per heavy atom. The van der Waals surface area contributed by atoms with Crippen LogP contribution >= 0.6 is 0 Å². The van der Waals surface area contributed by atoms with E-state index in [4.69, 9.17) is 4.52 Å². The van der Waals surface area contributed by atoms with E-state index in [1.807, 2.05) is 4.72 Å². The maximum atomic E-state index is 15.0. The third kappa shape index (κ3) is 3.46. The van der Waals surface area contributed by atoms with Crippen LogP contribution < -0.4 is 10.4 Å². The second-order valence-electron chi connectivity index (χ2n) is 9.00. The standard InChI is InChI=1S/C22H17F4N5O4S/c1-36(33,34)29-15-8-30-16(22(15,25)26)9-31(21(30)32)19-18-11(17-12(23)3-2-4-13(17)24)7-14(10-5-6-10)27-20(18)35-28-19/h2-4,7,9-10,15,29H,5-6,8H2,1H3/t15-/m1/s1. The second-order valence-corrected chi connectivity index (χ2v) is 10.8. The first-order valence-corrected chi connectivity index (χ1v) is 12.8. The van der Waals surface area contributed by atoms with Crippen LogP contribution in [0.4, 0.5) is 17.6 Å². The number of pyridine rings is 1. The normalized spacial score (nSPS) is 19.2. The van der Waals surface area contributed by atoms with E-state index in [0.29, 0.717) is 5.69 Å². The van der Waals surface area contributed by atoms with Gasteiger partial charge in [-0.15, -0.1) is 0 Å². The lowest BCUT2D eigenvalue weighted by Crippen LogP contribution is -2.44. The predicted molar refractivity (Wildman–Crippen MR) is 118 cm³/mol. The van der Waals surface area contributed by atoms with Gasteiger partial charge in [0.15, 0.2) is 5.82 Å². The van der Waals surface area contributed by atoms with E-state index in [2.05, 4.69) is 10.1 Å². The van der Waals surface area contributed by atoms with Crippen molar-refractivity contribution in [3.8, 4) is 16.9 Å². The maximum absolute atomic E-state index is 15.0. The minimum atomic E-state index is -3.98. The SMILES string of the molecule is CS(=O)(=O)N[C@@H]1Cn2c(cn(-c3noc4nc(C5CC5)cc(-c5c(F)cccc5F)c34)c2=O)C1(F)F. The molecule has 14 heteroatoms. The van der Waals surface area contributed by atoms with Crippen LogP contribution in [0.2, 0.25) is 0 Å². The molecule has 1 aliphatic heterocycles. The number of sulfonamides is 1. The Morgan fingerprint density at radius 2 is 1.89 bits per heavy atom. The Balaban J connectivity index is 1.56. The zero-order valence-corrected chi connectivity index (χ0v) is 19.3. The number of nitrogens with one attached hydrogen (secondary N) is 1. The lowest BCUT2D eigenvalue weighted by Gasteiger charge is -2.18. The summed E-state index contributed by atoms with van der Waals surface area (Å²) in [6, 6.07) is 2.99. The van der Waals surface area contributed by atoms with E-state index in [-0.39, 0.29) is 28.4 Å². The van der Waals surface area contributed by atoms with Gasteiger partial charge >= 0.3 is 11.6 Å². The number of aromatic nitrogens is 4. The highest BCUT2D eigenvalue weighted by molar-refractivity contribution is 7.88. The quantitative estimate of drug-likeness (QED) is 0.403. The smallest absolute Gasteiger partial charge is 0.334 e. The average Bonchev–Trinajstić information content (AvgIpc) is 3.41. The topological polar surface area (TPSA) is 112 Å². The number of hydrogen-bond acceptors (Lipinski definition) is 6. The molecular formula is C22H17F4N5O4S. The van der Waals surface area contributed by atoms with Crippen LogP contribution in [0, 0.1) is 11.6 Å². The number of alkyl halides is 2. The molecule has 2 aliphatic rings. The Labute approximate surface area is 200 Å². The minimum Gasteiger partial charge on any atom is -0.334 e. The van der Waals surface area contributed by atoms with Crippen molar-refractivity contribution < 1.29 is 30.5 Å². The van der Waals surface area contributed by atoms with Crippen molar-refractivity contribution in [2.75, 3.05) is 6.26 Å². The fourth-order valence-electron chi connectivity index (χ4n) is 4.58. The van der Waals surface area contributed by atoms with Crippen LogP contribution in [0.5, 0.6) is 0 Å². The Hall–Kier alpha value is -3.52. The lowest BCUT2D eigenvalue weighted by atomic mass is 10.00. The number of benzene rings is 1. The first-order valence-electron chi connectivity index (χ1n) is 10.9. The molecule has 3 aromatic heterocycles. The van der Waals surface area contributed by atoms with Crippen LogP contribution in [0.15, 0.2) is 39.8 Å². The molecule has 0 saturated heterocycles. The van der Waals surface area contributed by atoms with Crippen molar-refractivity contribution in [1.29, 1.82) is 0 Å². The van der Waals surface area contributed by atoms with Gasteiger partial charge in [0.25, 0.3) is 5.71 Å². The number of nitrogens with zero attached hydrogens (tertiary/aromatic N) is 4. The third-order valence-electron chi connectivity index (χ3n) is 6.38. The van der Waals surface area contributed by atoms with Gasteiger partial charge in [0, 0.05) is 23.4 Å². The van der Waals surface area contributed by atoms with Crippen molar-refractivity contribution in [3.05, 3.63) is 64.0 Å². The first kappa shape index (κ1) is 22.9. The van der Waals surface area contributed by atoms with Gasteiger partial charge in [-0.05, 0) is 31.0 Å². The molecule has 36 heavy (non-hydrogen) atoms. The van der Waals surface area contributed by atoms with E-state index < -0.39 is 57.1 Å². The van der Waals surface area contributed by atoms with Gasteiger partial charge in [-0.2, -0.15) is 8.78 Å². The molecule has 9 nitrogen and oxygen atoms in total. The largest absolute Gasteiger partial charge is 0.334 e. The van der Waals surface area contributed by atoms with Crippen molar-refractivity contribution in [2.45, 2.75) is 37.3 Å². The number of fused-ring (bicyclic) bond motifs is 2. The zero-order valence-electron chi connectivity index (χ0n) is 18.5. The molecule has 1 aromatic carbocycles. The second kappa shape index (κ2) is 7.49. The van der Waals surface area contributed by atoms with Gasteiger partial charge in [0.2, 0.25) is 10.0 Å². The van der Waals surface area contributed by atoms with E-state index in [1.54, 1.807) is 0 Å². The first-order chi connectivity index (χ1) is 17.0.